The predicted octanol–water partition coefficient (Wildman–Crippen LogP) is 3.12. The van der Waals surface area contributed by atoms with Gasteiger partial charge < -0.3 is 10.6 Å². The molecule has 0 spiro atoms. The van der Waals surface area contributed by atoms with Gasteiger partial charge in [-0.25, -0.2) is 4.98 Å². The topological polar surface area (TPSA) is 93.0 Å². The first-order valence-corrected chi connectivity index (χ1v) is 6.75. The first kappa shape index (κ1) is 14.7. The molecule has 0 unspecified atom stereocenters. The molecule has 0 aliphatic heterocycles. The standard InChI is InChI=1S/C14H17N5O2/c1-3-10-6-5-7-11(8-10)17-13-12(19(20)21)9-16-14(18-13)15-4-2/h5-9H,3-4H2,1-2H3,(H2,15,16,17,18). The maximum Gasteiger partial charge on any atom is 0.329 e. The smallest absolute Gasteiger partial charge is 0.329 e. The number of nitro groups is 1. The molecule has 7 nitrogen and oxygen atoms in total. The van der Waals surface area contributed by atoms with Gasteiger partial charge in [0.2, 0.25) is 11.8 Å². The Balaban J connectivity index is 2.35. The summed E-state index contributed by atoms with van der Waals surface area (Å²) in [5.74, 6) is 0.538. The Morgan fingerprint density at radius 1 is 1.33 bits per heavy atom. The Labute approximate surface area is 122 Å². The van der Waals surface area contributed by atoms with Crippen molar-refractivity contribution >= 4 is 23.1 Å². The van der Waals surface area contributed by atoms with E-state index >= 15 is 0 Å². The van der Waals surface area contributed by atoms with Crippen molar-refractivity contribution in [1.82, 2.24) is 9.97 Å². The van der Waals surface area contributed by atoms with Crippen LogP contribution in [0.5, 0.6) is 0 Å². The van der Waals surface area contributed by atoms with Crippen LogP contribution in [0, 0.1) is 10.1 Å². The summed E-state index contributed by atoms with van der Waals surface area (Å²) >= 11 is 0. The summed E-state index contributed by atoms with van der Waals surface area (Å²) in [6.45, 7) is 4.60. The molecule has 0 bridgehead atoms. The van der Waals surface area contributed by atoms with Gasteiger partial charge >= 0.3 is 5.69 Å². The predicted molar refractivity (Wildman–Crippen MR) is 82.0 cm³/mol. The molecule has 0 amide bonds. The summed E-state index contributed by atoms with van der Waals surface area (Å²) in [6, 6.07) is 7.69. The average molecular weight is 287 g/mol. The van der Waals surface area contributed by atoms with E-state index in [1.165, 1.54) is 6.20 Å². The molecule has 21 heavy (non-hydrogen) atoms. The molecule has 0 saturated heterocycles. The van der Waals surface area contributed by atoms with Crippen molar-refractivity contribution in [3.8, 4) is 0 Å². The van der Waals surface area contributed by atoms with E-state index in [1.807, 2.05) is 31.2 Å². The number of hydrogen-bond acceptors (Lipinski definition) is 6. The molecule has 0 atom stereocenters. The normalized spacial score (nSPS) is 10.2. The highest BCUT2D eigenvalue weighted by Gasteiger charge is 2.17. The first-order chi connectivity index (χ1) is 10.1. The van der Waals surface area contributed by atoms with Crippen molar-refractivity contribution in [2.24, 2.45) is 0 Å². The molecule has 1 aromatic carbocycles. The van der Waals surface area contributed by atoms with Gasteiger partial charge in [0.15, 0.2) is 0 Å². The summed E-state index contributed by atoms with van der Waals surface area (Å²) in [4.78, 5) is 18.7. The van der Waals surface area contributed by atoms with E-state index in [0.29, 0.717) is 12.5 Å². The van der Waals surface area contributed by atoms with E-state index in [2.05, 4.69) is 27.5 Å². The zero-order valence-corrected chi connectivity index (χ0v) is 12.0. The minimum absolute atomic E-state index is 0.154. The van der Waals surface area contributed by atoms with Crippen molar-refractivity contribution < 1.29 is 4.92 Å². The maximum absolute atomic E-state index is 11.1. The highest BCUT2D eigenvalue weighted by atomic mass is 16.6. The molecule has 110 valence electrons. The lowest BCUT2D eigenvalue weighted by Gasteiger charge is -2.09. The zero-order chi connectivity index (χ0) is 15.2. The van der Waals surface area contributed by atoms with Crippen LogP contribution in [-0.2, 0) is 6.42 Å². The molecule has 0 saturated carbocycles. The molecular formula is C14H17N5O2. The second-order valence-corrected chi connectivity index (χ2v) is 4.39. The highest BCUT2D eigenvalue weighted by Crippen LogP contribution is 2.26. The molecule has 2 rings (SSSR count). The van der Waals surface area contributed by atoms with Crippen LogP contribution >= 0.6 is 0 Å². The van der Waals surface area contributed by atoms with Crippen LogP contribution in [0.15, 0.2) is 30.5 Å². The van der Waals surface area contributed by atoms with Gasteiger partial charge in [0.1, 0.15) is 6.20 Å². The fourth-order valence-electron chi connectivity index (χ4n) is 1.85. The minimum Gasteiger partial charge on any atom is -0.354 e. The molecule has 2 aromatic rings. The molecule has 7 heteroatoms. The van der Waals surface area contributed by atoms with Crippen LogP contribution in [-0.4, -0.2) is 21.4 Å². The van der Waals surface area contributed by atoms with E-state index in [1.54, 1.807) is 0 Å². The Morgan fingerprint density at radius 2 is 2.14 bits per heavy atom. The van der Waals surface area contributed by atoms with Crippen LogP contribution in [0.25, 0.3) is 0 Å². The lowest BCUT2D eigenvalue weighted by molar-refractivity contribution is -0.384. The molecule has 0 aliphatic carbocycles. The van der Waals surface area contributed by atoms with E-state index in [4.69, 9.17) is 0 Å². The summed E-state index contributed by atoms with van der Waals surface area (Å²) in [6.07, 6.45) is 2.10. The first-order valence-electron chi connectivity index (χ1n) is 6.75. The van der Waals surface area contributed by atoms with E-state index in [9.17, 15) is 10.1 Å². The fourth-order valence-corrected chi connectivity index (χ4v) is 1.85. The quantitative estimate of drug-likeness (QED) is 0.626. The summed E-state index contributed by atoms with van der Waals surface area (Å²) in [5, 5.41) is 17.0. The van der Waals surface area contributed by atoms with Crippen molar-refractivity contribution in [3.63, 3.8) is 0 Å². The van der Waals surface area contributed by atoms with Gasteiger partial charge in [0.05, 0.1) is 4.92 Å². The highest BCUT2D eigenvalue weighted by molar-refractivity contribution is 5.66. The second kappa shape index (κ2) is 6.65. The molecule has 2 N–H and O–H groups in total. The van der Waals surface area contributed by atoms with Crippen LogP contribution < -0.4 is 10.6 Å². The SMILES string of the molecule is CCNc1ncc([N+](=O)[O-])c(Nc2cccc(CC)c2)n1. The Kier molecular flexibility index (Phi) is 4.65. The lowest BCUT2D eigenvalue weighted by atomic mass is 10.1. The van der Waals surface area contributed by atoms with Gasteiger partial charge in [-0.15, -0.1) is 0 Å². The Morgan fingerprint density at radius 3 is 2.81 bits per heavy atom. The molecule has 1 heterocycles. The number of rotatable bonds is 6. The van der Waals surface area contributed by atoms with Crippen LogP contribution in [0.3, 0.4) is 0 Å². The Bertz CT molecular complexity index is 645. The minimum atomic E-state index is -0.498. The number of hydrogen-bond donors (Lipinski definition) is 2. The van der Waals surface area contributed by atoms with E-state index < -0.39 is 4.92 Å². The van der Waals surface area contributed by atoms with Crippen molar-refractivity contribution in [3.05, 3.63) is 46.1 Å². The number of aromatic nitrogens is 2. The number of aryl methyl sites for hydroxylation is 1. The third-order valence-electron chi connectivity index (χ3n) is 2.90. The Hall–Kier alpha value is -2.70. The molecule has 0 radical (unpaired) electrons. The second-order valence-electron chi connectivity index (χ2n) is 4.39. The van der Waals surface area contributed by atoms with Crippen LogP contribution in [0.1, 0.15) is 19.4 Å². The lowest BCUT2D eigenvalue weighted by Crippen LogP contribution is -2.06. The van der Waals surface area contributed by atoms with Crippen LogP contribution in [0.2, 0.25) is 0 Å². The van der Waals surface area contributed by atoms with Gasteiger partial charge in [-0.1, -0.05) is 19.1 Å². The van der Waals surface area contributed by atoms with Gasteiger partial charge in [-0.3, -0.25) is 10.1 Å². The van der Waals surface area contributed by atoms with Crippen molar-refractivity contribution in [2.75, 3.05) is 17.2 Å². The molecule has 0 aliphatic rings. The maximum atomic E-state index is 11.1. The van der Waals surface area contributed by atoms with Crippen molar-refractivity contribution in [1.29, 1.82) is 0 Å². The van der Waals surface area contributed by atoms with Gasteiger partial charge in [0, 0.05) is 12.2 Å². The van der Waals surface area contributed by atoms with Crippen molar-refractivity contribution in [2.45, 2.75) is 20.3 Å². The monoisotopic (exact) mass is 287 g/mol. The van der Waals surface area contributed by atoms with E-state index in [-0.39, 0.29) is 11.5 Å². The summed E-state index contributed by atoms with van der Waals surface area (Å²) in [7, 11) is 0. The number of benzene rings is 1. The molecule has 0 fully saturated rings. The average Bonchev–Trinajstić information content (AvgIpc) is 2.48. The van der Waals surface area contributed by atoms with Gasteiger partial charge in [-0.05, 0) is 31.0 Å². The largest absolute Gasteiger partial charge is 0.354 e. The molecule has 1 aromatic heterocycles. The number of nitrogens with one attached hydrogen (secondary N) is 2. The third kappa shape index (κ3) is 3.65. The van der Waals surface area contributed by atoms with Gasteiger partial charge in [-0.2, -0.15) is 4.98 Å². The summed E-state index contributed by atoms with van der Waals surface area (Å²) in [5.41, 5.74) is 1.75. The number of anilines is 3. The molecular weight excluding hydrogens is 270 g/mol. The third-order valence-corrected chi connectivity index (χ3v) is 2.90. The fraction of sp³-hybridized carbons (Fsp3) is 0.286. The van der Waals surface area contributed by atoms with Gasteiger partial charge in [0.25, 0.3) is 0 Å². The zero-order valence-electron chi connectivity index (χ0n) is 12.0. The van der Waals surface area contributed by atoms with E-state index in [0.717, 1.165) is 17.7 Å². The number of nitrogens with zero attached hydrogens (tertiary/aromatic N) is 3. The van der Waals surface area contributed by atoms with Crippen LogP contribution in [0.4, 0.5) is 23.1 Å². The summed E-state index contributed by atoms with van der Waals surface area (Å²) < 4.78 is 0.